The van der Waals surface area contributed by atoms with Crippen molar-refractivity contribution in [2.45, 2.75) is 0 Å². The summed E-state index contributed by atoms with van der Waals surface area (Å²) in [5, 5.41) is 4.68. The maximum atomic E-state index is 5.15. The molecule has 0 saturated carbocycles. The molecule has 5 aromatic carbocycles. The molecule has 0 fully saturated rings. The van der Waals surface area contributed by atoms with E-state index in [1.807, 2.05) is 30.3 Å². The van der Waals surface area contributed by atoms with E-state index in [9.17, 15) is 0 Å². The van der Waals surface area contributed by atoms with E-state index in [4.69, 9.17) is 15.0 Å². The van der Waals surface area contributed by atoms with Crippen LogP contribution >= 0.6 is 0 Å². The Hall–Kier alpha value is -5.29. The minimum atomic E-state index is 0.591. The van der Waals surface area contributed by atoms with Gasteiger partial charge in [0.2, 0.25) is 11.9 Å². The predicted molar refractivity (Wildman–Crippen MR) is 154 cm³/mol. The molecule has 8 rings (SSSR count). The second-order valence-electron chi connectivity index (χ2n) is 9.36. The molecular weight excluding hydrogens is 466 g/mol. The third-order valence-electron chi connectivity index (χ3n) is 7.20. The third kappa shape index (κ3) is 3.02. The van der Waals surface area contributed by atoms with Crippen molar-refractivity contribution >= 4 is 43.6 Å². The number of nitrogens with zero attached hydrogens (tertiary/aromatic N) is 5. The average Bonchev–Trinajstić information content (AvgIpc) is 3.51. The third-order valence-corrected chi connectivity index (χ3v) is 7.20. The molecule has 0 spiro atoms. The summed E-state index contributed by atoms with van der Waals surface area (Å²) in [7, 11) is 0. The first-order valence-corrected chi connectivity index (χ1v) is 12.7. The van der Waals surface area contributed by atoms with E-state index in [1.165, 1.54) is 21.5 Å². The highest BCUT2D eigenvalue weighted by molar-refractivity contribution is 6.10. The summed E-state index contributed by atoms with van der Waals surface area (Å²) in [4.78, 5) is 15.2. The number of aromatic nitrogens is 5. The van der Waals surface area contributed by atoms with Crippen LogP contribution in [0.3, 0.4) is 0 Å². The van der Waals surface area contributed by atoms with Gasteiger partial charge in [0.15, 0.2) is 5.82 Å². The van der Waals surface area contributed by atoms with Crippen LogP contribution in [0.25, 0.3) is 66.9 Å². The number of benzene rings is 5. The van der Waals surface area contributed by atoms with Gasteiger partial charge in [0.05, 0.1) is 22.1 Å². The molecule has 0 radical (unpaired) electrons. The van der Waals surface area contributed by atoms with Crippen molar-refractivity contribution < 1.29 is 0 Å². The summed E-state index contributed by atoms with van der Waals surface area (Å²) >= 11 is 0. The number of para-hydroxylation sites is 4. The molecule has 0 unspecified atom stereocenters. The molecular formula is C33H21N5. The van der Waals surface area contributed by atoms with Gasteiger partial charge in [-0.3, -0.25) is 9.13 Å². The van der Waals surface area contributed by atoms with E-state index in [0.29, 0.717) is 17.7 Å². The molecule has 0 N–H and O–H groups in total. The smallest absolute Gasteiger partial charge is 0.240 e. The van der Waals surface area contributed by atoms with E-state index < -0.39 is 0 Å². The molecule has 5 nitrogen and oxygen atoms in total. The highest BCUT2D eigenvalue weighted by atomic mass is 15.3. The first-order valence-electron chi connectivity index (χ1n) is 12.7. The largest absolute Gasteiger partial charge is 0.278 e. The van der Waals surface area contributed by atoms with Crippen LogP contribution in [0.1, 0.15) is 0 Å². The zero-order chi connectivity index (χ0) is 25.1. The molecule has 0 aliphatic rings. The molecule has 8 aromatic rings. The quantitative estimate of drug-likeness (QED) is 0.256. The first kappa shape index (κ1) is 20.9. The van der Waals surface area contributed by atoms with Gasteiger partial charge in [-0.1, -0.05) is 103 Å². The summed E-state index contributed by atoms with van der Waals surface area (Å²) < 4.78 is 4.30. The number of rotatable bonds is 3. The second kappa shape index (κ2) is 8.11. The molecule has 3 aromatic heterocycles. The van der Waals surface area contributed by atoms with Crippen molar-refractivity contribution in [3.8, 4) is 23.3 Å². The molecule has 178 valence electrons. The molecule has 0 bridgehead atoms. The predicted octanol–water partition coefficient (Wildman–Crippen LogP) is 7.73. The lowest BCUT2D eigenvalue weighted by molar-refractivity contribution is 0.893. The van der Waals surface area contributed by atoms with Crippen LogP contribution in [-0.4, -0.2) is 24.1 Å². The molecule has 0 saturated heterocycles. The number of fused-ring (bicyclic) bond motifs is 6. The molecule has 0 aliphatic heterocycles. The van der Waals surface area contributed by atoms with Crippen molar-refractivity contribution in [1.82, 2.24) is 24.1 Å². The zero-order valence-electron chi connectivity index (χ0n) is 20.4. The second-order valence-corrected chi connectivity index (χ2v) is 9.36. The minimum absolute atomic E-state index is 0.591. The average molecular weight is 488 g/mol. The Morgan fingerprint density at radius 2 is 0.684 bits per heavy atom. The van der Waals surface area contributed by atoms with E-state index in [1.54, 1.807) is 0 Å². The standard InChI is InChI=1S/C33H21N5/c1-2-12-22(13-3-1)31-34-32(37-27-18-8-4-14-23(27)24-15-5-9-19-28(24)37)36-33(35-31)38-29-20-10-6-16-25(29)26-17-7-11-21-30(26)38/h1-21H. The van der Waals surface area contributed by atoms with Gasteiger partial charge in [0, 0.05) is 27.1 Å². The highest BCUT2D eigenvalue weighted by Crippen LogP contribution is 2.34. The van der Waals surface area contributed by atoms with E-state index in [2.05, 4.69) is 106 Å². The van der Waals surface area contributed by atoms with E-state index in [-0.39, 0.29) is 0 Å². The molecule has 0 amide bonds. The zero-order valence-corrected chi connectivity index (χ0v) is 20.4. The fraction of sp³-hybridized carbons (Fsp3) is 0. The Balaban J connectivity index is 1.51. The van der Waals surface area contributed by atoms with Crippen LogP contribution in [0, 0.1) is 0 Å². The van der Waals surface area contributed by atoms with Gasteiger partial charge in [0.1, 0.15) is 0 Å². The van der Waals surface area contributed by atoms with Crippen LogP contribution in [0.2, 0.25) is 0 Å². The van der Waals surface area contributed by atoms with Crippen molar-refractivity contribution in [2.24, 2.45) is 0 Å². The van der Waals surface area contributed by atoms with E-state index >= 15 is 0 Å². The Kier molecular flexibility index (Phi) is 4.45. The number of hydrogen-bond donors (Lipinski definition) is 0. The fourth-order valence-corrected chi connectivity index (χ4v) is 5.55. The van der Waals surface area contributed by atoms with Gasteiger partial charge in [-0.15, -0.1) is 0 Å². The van der Waals surface area contributed by atoms with Gasteiger partial charge >= 0.3 is 0 Å². The Morgan fingerprint density at radius 1 is 0.342 bits per heavy atom. The van der Waals surface area contributed by atoms with Crippen molar-refractivity contribution in [3.05, 3.63) is 127 Å². The van der Waals surface area contributed by atoms with Crippen LogP contribution < -0.4 is 0 Å². The maximum Gasteiger partial charge on any atom is 0.240 e. The number of hydrogen-bond acceptors (Lipinski definition) is 3. The van der Waals surface area contributed by atoms with Crippen LogP contribution in [0.15, 0.2) is 127 Å². The minimum Gasteiger partial charge on any atom is -0.278 e. The molecule has 3 heterocycles. The summed E-state index contributed by atoms with van der Waals surface area (Å²) in [6, 6.07) is 43.8. The van der Waals surface area contributed by atoms with Gasteiger partial charge in [-0.2, -0.15) is 15.0 Å². The van der Waals surface area contributed by atoms with Crippen molar-refractivity contribution in [3.63, 3.8) is 0 Å². The summed E-state index contributed by atoms with van der Waals surface area (Å²) in [5.41, 5.74) is 5.19. The first-order chi connectivity index (χ1) is 18.9. The van der Waals surface area contributed by atoms with Crippen LogP contribution in [-0.2, 0) is 0 Å². The van der Waals surface area contributed by atoms with Crippen molar-refractivity contribution in [2.75, 3.05) is 0 Å². The normalized spacial score (nSPS) is 11.7. The Morgan fingerprint density at radius 3 is 1.08 bits per heavy atom. The lowest BCUT2D eigenvalue weighted by Gasteiger charge is -2.12. The highest BCUT2D eigenvalue weighted by Gasteiger charge is 2.19. The van der Waals surface area contributed by atoms with Gasteiger partial charge in [-0.05, 0) is 24.3 Å². The fourth-order valence-electron chi connectivity index (χ4n) is 5.55. The Labute approximate surface area is 218 Å². The van der Waals surface area contributed by atoms with E-state index in [0.717, 1.165) is 27.6 Å². The lowest BCUT2D eigenvalue weighted by atomic mass is 10.2. The van der Waals surface area contributed by atoms with Crippen molar-refractivity contribution in [1.29, 1.82) is 0 Å². The Bertz CT molecular complexity index is 1900. The molecule has 0 aliphatic carbocycles. The summed E-state index contributed by atoms with van der Waals surface area (Å²) in [6.07, 6.45) is 0. The lowest BCUT2D eigenvalue weighted by Crippen LogP contribution is -2.10. The molecule has 38 heavy (non-hydrogen) atoms. The summed E-state index contributed by atoms with van der Waals surface area (Å²) in [6.45, 7) is 0. The van der Waals surface area contributed by atoms with Crippen LogP contribution in [0.4, 0.5) is 0 Å². The topological polar surface area (TPSA) is 48.5 Å². The van der Waals surface area contributed by atoms with Gasteiger partial charge < -0.3 is 0 Å². The summed E-state index contributed by atoms with van der Waals surface area (Å²) in [5.74, 6) is 1.82. The SMILES string of the molecule is c1ccc(-c2nc(-n3c4ccccc4c4ccccc43)nc(-n3c4ccccc4c4ccccc43)n2)cc1. The maximum absolute atomic E-state index is 5.15. The van der Waals surface area contributed by atoms with Gasteiger partial charge in [-0.25, -0.2) is 0 Å². The van der Waals surface area contributed by atoms with Crippen LogP contribution in [0.5, 0.6) is 0 Å². The molecule has 5 heteroatoms. The monoisotopic (exact) mass is 487 g/mol. The van der Waals surface area contributed by atoms with Gasteiger partial charge in [0.25, 0.3) is 0 Å². The molecule has 0 atom stereocenters.